The van der Waals surface area contributed by atoms with Crippen LogP contribution in [0.3, 0.4) is 0 Å². The van der Waals surface area contributed by atoms with E-state index in [2.05, 4.69) is 6.58 Å². The molecule has 0 spiro atoms. The molecule has 1 aliphatic rings. The molecule has 0 N–H and O–H groups in total. The topological polar surface area (TPSA) is 3.24 Å². The summed E-state index contributed by atoms with van der Waals surface area (Å²) in [4.78, 5) is 1.76. The van der Waals surface area contributed by atoms with Crippen LogP contribution in [0.25, 0.3) is 11.3 Å². The van der Waals surface area contributed by atoms with Gasteiger partial charge in [-0.15, -0.1) is 0 Å². The van der Waals surface area contributed by atoms with Crippen LogP contribution in [0, 0.1) is 18.6 Å². The summed E-state index contributed by atoms with van der Waals surface area (Å²) in [5.74, 6) is -1.13. The highest BCUT2D eigenvalue weighted by atomic mass is 19.1. The fourth-order valence-electron chi connectivity index (χ4n) is 3.01. The Morgan fingerprint density at radius 3 is 2.12 bits per heavy atom. The highest BCUT2D eigenvalue weighted by molar-refractivity contribution is 5.97. The van der Waals surface area contributed by atoms with Crippen LogP contribution in [-0.2, 0) is 0 Å². The van der Waals surface area contributed by atoms with E-state index in [4.69, 9.17) is 0 Å². The van der Waals surface area contributed by atoms with E-state index in [9.17, 15) is 8.78 Å². The Bertz CT molecular complexity index is 853. The molecule has 0 aromatic heterocycles. The molecule has 122 valence electrons. The average Bonchev–Trinajstić information content (AvgIpc) is 2.54. The Kier molecular flexibility index (Phi) is 4.10. The molecule has 0 unspecified atom stereocenters. The largest absolute Gasteiger partial charge is 0.344 e. The van der Waals surface area contributed by atoms with Crippen molar-refractivity contribution in [2.45, 2.75) is 13.8 Å². The molecule has 0 saturated carbocycles. The fourth-order valence-corrected chi connectivity index (χ4v) is 3.01. The Morgan fingerprint density at radius 2 is 1.54 bits per heavy atom. The van der Waals surface area contributed by atoms with Crippen LogP contribution in [0.5, 0.6) is 0 Å². The minimum atomic E-state index is -0.566. The predicted octanol–water partition coefficient (Wildman–Crippen LogP) is 5.55. The molecule has 0 fully saturated rings. The summed E-state index contributed by atoms with van der Waals surface area (Å²) in [5, 5.41) is 0. The molecule has 0 bridgehead atoms. The number of benzene rings is 2. The number of allylic oxidation sites excluding steroid dienone is 3. The van der Waals surface area contributed by atoms with Crippen molar-refractivity contribution >= 4 is 11.3 Å². The summed E-state index contributed by atoms with van der Waals surface area (Å²) in [5.41, 5.74) is 4.41. The zero-order chi connectivity index (χ0) is 17.4. The van der Waals surface area contributed by atoms with E-state index in [0.717, 1.165) is 22.4 Å². The Morgan fingerprint density at radius 1 is 0.958 bits per heavy atom. The van der Waals surface area contributed by atoms with Crippen LogP contribution in [0.2, 0.25) is 0 Å². The Hall–Kier alpha value is -2.68. The second-order valence-electron chi connectivity index (χ2n) is 6.06. The fraction of sp³-hybridized carbons (Fsp3) is 0.143. The molecule has 1 heterocycles. The van der Waals surface area contributed by atoms with Gasteiger partial charge in [0, 0.05) is 18.3 Å². The minimum Gasteiger partial charge on any atom is -0.344 e. The molecule has 1 nitrogen and oxygen atoms in total. The van der Waals surface area contributed by atoms with Crippen molar-refractivity contribution in [2.24, 2.45) is 0 Å². The van der Waals surface area contributed by atoms with Gasteiger partial charge in [0.05, 0.1) is 11.3 Å². The number of rotatable bonds is 2. The van der Waals surface area contributed by atoms with E-state index < -0.39 is 11.6 Å². The van der Waals surface area contributed by atoms with Crippen molar-refractivity contribution in [3.8, 4) is 0 Å². The first-order valence-corrected chi connectivity index (χ1v) is 7.77. The van der Waals surface area contributed by atoms with Crippen LogP contribution in [0.1, 0.15) is 23.6 Å². The zero-order valence-corrected chi connectivity index (χ0v) is 14.0. The number of nitrogens with zero attached hydrogens (tertiary/aromatic N) is 1. The van der Waals surface area contributed by atoms with Crippen molar-refractivity contribution in [3.05, 3.63) is 94.7 Å². The van der Waals surface area contributed by atoms with Crippen LogP contribution >= 0.6 is 0 Å². The maximum Gasteiger partial charge on any atom is 0.135 e. The third-order valence-corrected chi connectivity index (χ3v) is 4.32. The van der Waals surface area contributed by atoms with E-state index in [1.807, 2.05) is 43.3 Å². The number of hydrogen-bond acceptors (Lipinski definition) is 1. The summed E-state index contributed by atoms with van der Waals surface area (Å²) in [6, 6.07) is 12.3. The van der Waals surface area contributed by atoms with Gasteiger partial charge in [0.1, 0.15) is 11.6 Å². The Labute approximate surface area is 141 Å². The molecule has 3 rings (SSSR count). The highest BCUT2D eigenvalue weighted by Crippen LogP contribution is 2.39. The molecule has 0 radical (unpaired) electrons. The predicted molar refractivity (Wildman–Crippen MR) is 95.0 cm³/mol. The van der Waals surface area contributed by atoms with E-state index in [1.165, 1.54) is 12.1 Å². The van der Waals surface area contributed by atoms with Crippen molar-refractivity contribution in [3.63, 3.8) is 0 Å². The second kappa shape index (κ2) is 6.08. The molecule has 0 aliphatic carbocycles. The molecule has 3 heteroatoms. The lowest BCUT2D eigenvalue weighted by molar-refractivity contribution is 0.547. The summed E-state index contributed by atoms with van der Waals surface area (Å²) < 4.78 is 29.3. The Balaban J connectivity index is 2.36. The lowest BCUT2D eigenvalue weighted by atomic mass is 9.91. The van der Waals surface area contributed by atoms with Gasteiger partial charge in [-0.3, -0.25) is 0 Å². The minimum absolute atomic E-state index is 0.0214. The normalized spacial score (nSPS) is 15.0. The molecular weight excluding hydrogens is 304 g/mol. The highest BCUT2D eigenvalue weighted by Gasteiger charge is 2.26. The standard InChI is InChI=1S/C21H19F2N/c1-13-10-18(22)20(19(23)11-13)21-17(16-8-6-5-7-9-16)12-14(2)15(3)24(21)4/h5-12H,3H2,1-2,4H3. The SMILES string of the molecule is C=C1C(C)=CC(c2ccccc2)=C(c2c(F)cc(C)cc2F)N1C. The molecule has 0 saturated heterocycles. The molecular formula is C21H19F2N. The van der Waals surface area contributed by atoms with Crippen molar-refractivity contribution in [1.29, 1.82) is 0 Å². The molecule has 1 aliphatic heterocycles. The second-order valence-corrected chi connectivity index (χ2v) is 6.06. The van der Waals surface area contributed by atoms with E-state index in [0.29, 0.717) is 11.3 Å². The molecule has 0 amide bonds. The van der Waals surface area contributed by atoms with Gasteiger partial charge < -0.3 is 4.90 Å². The van der Waals surface area contributed by atoms with Gasteiger partial charge in [0.15, 0.2) is 0 Å². The third kappa shape index (κ3) is 2.67. The van der Waals surface area contributed by atoms with E-state index in [1.54, 1.807) is 18.9 Å². The van der Waals surface area contributed by atoms with E-state index in [-0.39, 0.29) is 5.56 Å². The van der Waals surface area contributed by atoms with Crippen molar-refractivity contribution in [2.75, 3.05) is 7.05 Å². The first-order valence-electron chi connectivity index (χ1n) is 7.77. The van der Waals surface area contributed by atoms with Crippen molar-refractivity contribution in [1.82, 2.24) is 4.90 Å². The lowest BCUT2D eigenvalue weighted by Crippen LogP contribution is -2.22. The average molecular weight is 323 g/mol. The van der Waals surface area contributed by atoms with Crippen LogP contribution < -0.4 is 0 Å². The zero-order valence-electron chi connectivity index (χ0n) is 14.0. The lowest BCUT2D eigenvalue weighted by Gasteiger charge is -2.32. The quantitative estimate of drug-likeness (QED) is 0.700. The van der Waals surface area contributed by atoms with Crippen LogP contribution in [0.15, 0.2) is 66.4 Å². The van der Waals surface area contributed by atoms with Gasteiger partial charge in [-0.25, -0.2) is 8.78 Å². The van der Waals surface area contributed by atoms with Gasteiger partial charge in [0.25, 0.3) is 0 Å². The van der Waals surface area contributed by atoms with Crippen LogP contribution in [0.4, 0.5) is 8.78 Å². The third-order valence-electron chi connectivity index (χ3n) is 4.32. The maximum absolute atomic E-state index is 14.6. The summed E-state index contributed by atoms with van der Waals surface area (Å²) in [6.07, 6.45) is 1.94. The molecule has 24 heavy (non-hydrogen) atoms. The maximum atomic E-state index is 14.6. The van der Waals surface area contributed by atoms with E-state index >= 15 is 0 Å². The van der Waals surface area contributed by atoms with Gasteiger partial charge in [-0.05, 0) is 48.8 Å². The van der Waals surface area contributed by atoms with Crippen LogP contribution in [-0.4, -0.2) is 11.9 Å². The molecule has 0 atom stereocenters. The summed E-state index contributed by atoms with van der Waals surface area (Å²) >= 11 is 0. The van der Waals surface area contributed by atoms with Gasteiger partial charge in [-0.2, -0.15) is 0 Å². The van der Waals surface area contributed by atoms with Gasteiger partial charge in [0.2, 0.25) is 0 Å². The van der Waals surface area contributed by atoms with Gasteiger partial charge >= 0.3 is 0 Å². The molecule has 2 aromatic rings. The number of hydrogen-bond donors (Lipinski definition) is 0. The number of likely N-dealkylation sites (N-methyl/N-ethyl adjacent to an activating group) is 1. The first-order chi connectivity index (χ1) is 11.4. The number of halogens is 2. The summed E-state index contributed by atoms with van der Waals surface area (Å²) in [6.45, 7) is 7.66. The molecule has 2 aromatic carbocycles. The van der Waals surface area contributed by atoms with Gasteiger partial charge in [-0.1, -0.05) is 36.9 Å². The summed E-state index contributed by atoms with van der Waals surface area (Å²) in [7, 11) is 1.79. The van der Waals surface area contributed by atoms with Crippen molar-refractivity contribution < 1.29 is 8.78 Å². The number of aryl methyl sites for hydroxylation is 1. The first kappa shape index (κ1) is 16.2. The smallest absolute Gasteiger partial charge is 0.135 e. The monoisotopic (exact) mass is 323 g/mol.